The molecule has 0 saturated heterocycles. The Bertz CT molecular complexity index is 881. The summed E-state index contributed by atoms with van der Waals surface area (Å²) in [4.78, 5) is 24.4. The fraction of sp³-hybridized carbons (Fsp3) is 0.200. The SMILES string of the molecule is C[C@H](OC(=O)c1cc(S(N)(=O)=O)ccc1F)C(=O)NCc1cccs1. The predicted octanol–water partition coefficient (Wildman–Crippen LogP) is 1.40. The predicted molar refractivity (Wildman–Crippen MR) is 88.8 cm³/mol. The number of thiophene rings is 1. The highest BCUT2D eigenvalue weighted by Gasteiger charge is 2.23. The van der Waals surface area contributed by atoms with Gasteiger partial charge in [0.05, 0.1) is 17.0 Å². The number of benzene rings is 1. The number of hydrogen-bond acceptors (Lipinski definition) is 6. The molecular weight excluding hydrogens is 371 g/mol. The molecule has 1 heterocycles. The van der Waals surface area contributed by atoms with Crippen molar-refractivity contribution in [2.45, 2.75) is 24.5 Å². The summed E-state index contributed by atoms with van der Waals surface area (Å²) in [5.74, 6) is -2.71. The normalized spacial score (nSPS) is 12.4. The number of carbonyl (C=O) groups is 2. The Morgan fingerprint density at radius 2 is 2.08 bits per heavy atom. The molecule has 0 bridgehead atoms. The van der Waals surface area contributed by atoms with Gasteiger partial charge in [0.1, 0.15) is 5.82 Å². The van der Waals surface area contributed by atoms with E-state index in [0.717, 1.165) is 23.1 Å². The van der Waals surface area contributed by atoms with Crippen LogP contribution in [0.1, 0.15) is 22.2 Å². The summed E-state index contributed by atoms with van der Waals surface area (Å²) in [6.07, 6.45) is -1.19. The maximum Gasteiger partial charge on any atom is 0.341 e. The van der Waals surface area contributed by atoms with E-state index in [1.165, 1.54) is 18.3 Å². The van der Waals surface area contributed by atoms with E-state index in [1.54, 1.807) is 0 Å². The second kappa shape index (κ2) is 7.72. The lowest BCUT2D eigenvalue weighted by Gasteiger charge is -2.13. The molecular formula is C15H15FN2O5S2. The van der Waals surface area contributed by atoms with Gasteiger partial charge < -0.3 is 10.1 Å². The Hall–Kier alpha value is -2.30. The van der Waals surface area contributed by atoms with Crippen LogP contribution in [0.15, 0.2) is 40.6 Å². The average molecular weight is 386 g/mol. The van der Waals surface area contributed by atoms with Crippen molar-refractivity contribution in [3.05, 3.63) is 52.0 Å². The summed E-state index contributed by atoms with van der Waals surface area (Å²) in [7, 11) is -4.11. The van der Waals surface area contributed by atoms with E-state index in [0.29, 0.717) is 0 Å². The molecule has 0 aliphatic heterocycles. The number of hydrogen-bond donors (Lipinski definition) is 2. The third-order valence-electron chi connectivity index (χ3n) is 3.16. The molecule has 2 rings (SSSR count). The highest BCUT2D eigenvalue weighted by molar-refractivity contribution is 7.89. The fourth-order valence-corrected chi connectivity index (χ4v) is 3.03. The van der Waals surface area contributed by atoms with Crippen molar-refractivity contribution < 1.29 is 27.1 Å². The van der Waals surface area contributed by atoms with Gasteiger partial charge in [0.15, 0.2) is 6.10 Å². The Morgan fingerprint density at radius 1 is 1.36 bits per heavy atom. The van der Waals surface area contributed by atoms with Crippen LogP contribution >= 0.6 is 11.3 Å². The van der Waals surface area contributed by atoms with Crippen LogP contribution in [0.25, 0.3) is 0 Å². The number of ether oxygens (including phenoxy) is 1. The van der Waals surface area contributed by atoms with Gasteiger partial charge in [-0.1, -0.05) is 6.07 Å². The Labute approximate surface area is 147 Å². The molecule has 1 atom stereocenters. The van der Waals surface area contributed by atoms with Crippen molar-refractivity contribution in [1.82, 2.24) is 5.32 Å². The van der Waals surface area contributed by atoms with E-state index < -0.39 is 44.3 Å². The summed E-state index contributed by atoms with van der Waals surface area (Å²) in [6.45, 7) is 1.59. The minimum absolute atomic E-state index is 0.271. The van der Waals surface area contributed by atoms with Gasteiger partial charge in [-0.15, -0.1) is 11.3 Å². The molecule has 25 heavy (non-hydrogen) atoms. The number of halogens is 1. The Balaban J connectivity index is 2.04. The van der Waals surface area contributed by atoms with Crippen molar-refractivity contribution in [2.75, 3.05) is 0 Å². The molecule has 134 valence electrons. The van der Waals surface area contributed by atoms with Gasteiger partial charge >= 0.3 is 5.97 Å². The molecule has 0 spiro atoms. The van der Waals surface area contributed by atoms with Crippen molar-refractivity contribution in [3.63, 3.8) is 0 Å². The monoisotopic (exact) mass is 386 g/mol. The minimum Gasteiger partial charge on any atom is -0.449 e. The first-order valence-electron chi connectivity index (χ1n) is 7.02. The van der Waals surface area contributed by atoms with Crippen LogP contribution in [-0.2, 0) is 26.1 Å². The van der Waals surface area contributed by atoms with Crippen molar-refractivity contribution in [2.24, 2.45) is 5.14 Å². The van der Waals surface area contributed by atoms with Crippen LogP contribution in [0.4, 0.5) is 4.39 Å². The number of amides is 1. The van der Waals surface area contributed by atoms with E-state index in [2.05, 4.69) is 5.32 Å². The molecule has 7 nitrogen and oxygen atoms in total. The molecule has 2 aromatic rings. The summed E-state index contributed by atoms with van der Waals surface area (Å²) in [5, 5.41) is 9.38. The van der Waals surface area contributed by atoms with E-state index in [9.17, 15) is 22.4 Å². The van der Waals surface area contributed by atoms with Gasteiger partial charge in [-0.25, -0.2) is 22.7 Å². The molecule has 1 aromatic carbocycles. The number of nitrogens with two attached hydrogens (primary N) is 1. The topological polar surface area (TPSA) is 116 Å². The van der Waals surface area contributed by atoms with Crippen molar-refractivity contribution >= 4 is 33.2 Å². The fourth-order valence-electron chi connectivity index (χ4n) is 1.85. The van der Waals surface area contributed by atoms with Crippen LogP contribution in [0, 0.1) is 5.82 Å². The highest BCUT2D eigenvalue weighted by atomic mass is 32.2. The van der Waals surface area contributed by atoms with Crippen LogP contribution in [0.2, 0.25) is 0 Å². The molecule has 1 aromatic heterocycles. The molecule has 10 heteroatoms. The number of esters is 1. The summed E-state index contributed by atoms with van der Waals surface area (Å²) >= 11 is 1.45. The van der Waals surface area contributed by atoms with E-state index in [4.69, 9.17) is 9.88 Å². The zero-order valence-electron chi connectivity index (χ0n) is 13.1. The van der Waals surface area contributed by atoms with Crippen molar-refractivity contribution in [3.8, 4) is 0 Å². The van der Waals surface area contributed by atoms with Crippen LogP contribution in [-0.4, -0.2) is 26.4 Å². The van der Waals surface area contributed by atoms with Gasteiger partial charge in [-0.2, -0.15) is 0 Å². The quantitative estimate of drug-likeness (QED) is 0.728. The number of carbonyl (C=O) groups excluding carboxylic acids is 2. The largest absolute Gasteiger partial charge is 0.449 e. The zero-order chi connectivity index (χ0) is 18.6. The van der Waals surface area contributed by atoms with Crippen LogP contribution < -0.4 is 10.5 Å². The van der Waals surface area contributed by atoms with E-state index >= 15 is 0 Å². The van der Waals surface area contributed by atoms with Gasteiger partial charge in [-0.05, 0) is 36.6 Å². The number of rotatable bonds is 6. The molecule has 0 radical (unpaired) electrons. The van der Waals surface area contributed by atoms with Crippen molar-refractivity contribution in [1.29, 1.82) is 0 Å². The van der Waals surface area contributed by atoms with Gasteiger partial charge in [0, 0.05) is 4.88 Å². The first-order chi connectivity index (χ1) is 11.7. The van der Waals surface area contributed by atoms with Gasteiger partial charge in [0.2, 0.25) is 10.0 Å². The number of nitrogens with one attached hydrogen (secondary N) is 1. The molecule has 0 saturated carbocycles. The van der Waals surface area contributed by atoms with Gasteiger partial charge in [-0.3, -0.25) is 4.79 Å². The number of sulfonamides is 1. The maximum absolute atomic E-state index is 13.8. The van der Waals surface area contributed by atoms with Crippen LogP contribution in [0.3, 0.4) is 0 Å². The highest BCUT2D eigenvalue weighted by Crippen LogP contribution is 2.16. The summed E-state index contributed by atoms with van der Waals surface area (Å²) < 4.78 is 41.2. The summed E-state index contributed by atoms with van der Waals surface area (Å²) in [5.41, 5.74) is -0.621. The molecule has 0 aliphatic rings. The second-order valence-corrected chi connectivity index (χ2v) is 7.63. The molecule has 1 amide bonds. The lowest BCUT2D eigenvalue weighted by Crippen LogP contribution is -2.35. The molecule has 0 fully saturated rings. The number of primary sulfonamides is 1. The average Bonchev–Trinajstić information content (AvgIpc) is 3.05. The minimum atomic E-state index is -4.11. The first kappa shape index (κ1) is 19.0. The maximum atomic E-state index is 13.8. The smallest absolute Gasteiger partial charge is 0.341 e. The van der Waals surface area contributed by atoms with Crippen LogP contribution in [0.5, 0.6) is 0 Å². The lowest BCUT2D eigenvalue weighted by atomic mass is 10.2. The van der Waals surface area contributed by atoms with Gasteiger partial charge in [0.25, 0.3) is 5.91 Å². The molecule has 3 N–H and O–H groups in total. The summed E-state index contributed by atoms with van der Waals surface area (Å²) in [6, 6.07) is 6.15. The first-order valence-corrected chi connectivity index (χ1v) is 9.44. The standard InChI is InChI=1S/C15H15FN2O5S2/c1-9(14(19)18-8-10-3-2-6-24-10)23-15(20)12-7-11(25(17,21)22)4-5-13(12)16/h2-7,9H,8H2,1H3,(H,18,19)(H2,17,21,22)/t9-/m0/s1. The second-order valence-electron chi connectivity index (χ2n) is 5.03. The molecule has 0 unspecified atom stereocenters. The van der Waals surface area contributed by atoms with E-state index in [-0.39, 0.29) is 6.54 Å². The molecule has 0 aliphatic carbocycles. The Morgan fingerprint density at radius 3 is 2.68 bits per heavy atom. The lowest BCUT2D eigenvalue weighted by molar-refractivity contribution is -0.129. The Kier molecular flexibility index (Phi) is 5.88. The third-order valence-corrected chi connectivity index (χ3v) is 4.94. The van der Waals surface area contributed by atoms with E-state index in [1.807, 2.05) is 17.5 Å². The third kappa shape index (κ3) is 5.08. The zero-order valence-corrected chi connectivity index (χ0v) is 14.7.